The summed E-state index contributed by atoms with van der Waals surface area (Å²) in [6.07, 6.45) is -0.143. The number of halogens is 1. The van der Waals surface area contributed by atoms with Gasteiger partial charge < -0.3 is 14.6 Å². The van der Waals surface area contributed by atoms with Gasteiger partial charge in [-0.15, -0.1) is 0 Å². The molecule has 0 fully saturated rings. The smallest absolute Gasteiger partial charge is 0.344 e. The molecule has 19 heavy (non-hydrogen) atoms. The van der Waals surface area contributed by atoms with Crippen molar-refractivity contribution in [2.24, 2.45) is 0 Å². The summed E-state index contributed by atoms with van der Waals surface area (Å²) in [7, 11) is 1.19. The number of rotatable bonds is 5. The fraction of sp³-hybridized carbons (Fsp3) is 0.250. The van der Waals surface area contributed by atoms with Gasteiger partial charge in [0.15, 0.2) is 6.61 Å². The zero-order valence-electron chi connectivity index (χ0n) is 10.0. The SMILES string of the molecule is COC(=O)COC(=O)c1ccc(CC(=O)O)cc1Br. The van der Waals surface area contributed by atoms with Crippen molar-refractivity contribution in [2.45, 2.75) is 6.42 Å². The molecule has 102 valence electrons. The molecule has 7 heteroatoms. The lowest BCUT2D eigenvalue weighted by atomic mass is 10.1. The fourth-order valence-corrected chi connectivity index (χ4v) is 1.86. The van der Waals surface area contributed by atoms with E-state index in [0.717, 1.165) is 0 Å². The highest BCUT2D eigenvalue weighted by atomic mass is 79.9. The van der Waals surface area contributed by atoms with Gasteiger partial charge in [0.25, 0.3) is 0 Å². The molecule has 0 saturated carbocycles. The zero-order chi connectivity index (χ0) is 14.4. The van der Waals surface area contributed by atoms with Gasteiger partial charge in [-0.25, -0.2) is 9.59 Å². The molecule has 0 aliphatic carbocycles. The van der Waals surface area contributed by atoms with Gasteiger partial charge in [0.2, 0.25) is 0 Å². The fourth-order valence-electron chi connectivity index (χ4n) is 1.27. The zero-order valence-corrected chi connectivity index (χ0v) is 11.6. The minimum atomic E-state index is -0.965. The van der Waals surface area contributed by atoms with E-state index in [1.807, 2.05) is 0 Å². The van der Waals surface area contributed by atoms with Gasteiger partial charge >= 0.3 is 17.9 Å². The first-order valence-corrected chi connectivity index (χ1v) is 5.97. The van der Waals surface area contributed by atoms with Gasteiger partial charge in [0, 0.05) is 4.47 Å². The molecule has 0 amide bonds. The van der Waals surface area contributed by atoms with Gasteiger partial charge in [0.1, 0.15) is 0 Å². The normalized spacial score (nSPS) is 9.79. The molecule has 6 nitrogen and oxygen atoms in total. The predicted octanol–water partition coefficient (Wildman–Crippen LogP) is 1.41. The maximum atomic E-state index is 11.6. The maximum Gasteiger partial charge on any atom is 0.344 e. The predicted molar refractivity (Wildman–Crippen MR) is 67.8 cm³/mol. The van der Waals surface area contributed by atoms with Crippen LogP contribution in [0.5, 0.6) is 0 Å². The highest BCUT2D eigenvalue weighted by Crippen LogP contribution is 2.20. The molecule has 1 N–H and O–H groups in total. The van der Waals surface area contributed by atoms with Gasteiger partial charge in [-0.2, -0.15) is 0 Å². The number of carboxylic acids is 1. The van der Waals surface area contributed by atoms with Gasteiger partial charge in [-0.1, -0.05) is 6.07 Å². The van der Waals surface area contributed by atoms with Crippen LogP contribution in [0.2, 0.25) is 0 Å². The van der Waals surface area contributed by atoms with Gasteiger partial charge in [-0.05, 0) is 33.6 Å². The highest BCUT2D eigenvalue weighted by molar-refractivity contribution is 9.10. The molecule has 0 aliphatic rings. The minimum Gasteiger partial charge on any atom is -0.481 e. The molecule has 0 unspecified atom stereocenters. The van der Waals surface area contributed by atoms with Gasteiger partial charge in [-0.3, -0.25) is 4.79 Å². The second-order valence-electron chi connectivity index (χ2n) is 3.54. The average molecular weight is 331 g/mol. The van der Waals surface area contributed by atoms with Crippen LogP contribution in [0, 0.1) is 0 Å². The highest BCUT2D eigenvalue weighted by Gasteiger charge is 2.14. The Morgan fingerprint density at radius 1 is 1.32 bits per heavy atom. The molecule has 1 aromatic rings. The molecule has 0 heterocycles. The van der Waals surface area contributed by atoms with E-state index in [1.165, 1.54) is 25.3 Å². The average Bonchev–Trinajstić information content (AvgIpc) is 2.34. The first-order chi connectivity index (χ1) is 8.93. The van der Waals surface area contributed by atoms with E-state index in [4.69, 9.17) is 9.84 Å². The molecular formula is C12H11BrO6. The summed E-state index contributed by atoms with van der Waals surface area (Å²) >= 11 is 3.15. The van der Waals surface area contributed by atoms with Crippen molar-refractivity contribution in [3.8, 4) is 0 Å². The number of carboxylic acid groups (broad SMARTS) is 1. The third-order valence-electron chi connectivity index (χ3n) is 2.16. The number of carbonyl (C=O) groups is 3. The topological polar surface area (TPSA) is 89.9 Å². The van der Waals surface area contributed by atoms with Crippen LogP contribution in [-0.4, -0.2) is 36.7 Å². The monoisotopic (exact) mass is 330 g/mol. The largest absolute Gasteiger partial charge is 0.481 e. The Hall–Kier alpha value is -1.89. The minimum absolute atomic E-state index is 0.143. The van der Waals surface area contributed by atoms with Crippen molar-refractivity contribution >= 4 is 33.8 Å². The summed E-state index contributed by atoms with van der Waals surface area (Å²) in [6, 6.07) is 4.46. The van der Waals surface area contributed by atoms with E-state index < -0.39 is 24.5 Å². The number of aliphatic carboxylic acids is 1. The molecule has 0 atom stereocenters. The second kappa shape index (κ2) is 6.89. The molecule has 0 aliphatic heterocycles. The summed E-state index contributed by atoms with van der Waals surface area (Å²) in [5, 5.41) is 8.65. The quantitative estimate of drug-likeness (QED) is 0.821. The van der Waals surface area contributed by atoms with Crippen LogP contribution in [0.1, 0.15) is 15.9 Å². The van der Waals surface area contributed by atoms with E-state index in [9.17, 15) is 14.4 Å². The molecule has 1 rings (SSSR count). The Morgan fingerprint density at radius 3 is 2.53 bits per heavy atom. The number of carbonyl (C=O) groups excluding carboxylic acids is 2. The summed E-state index contributed by atoms with van der Waals surface area (Å²) in [5.41, 5.74) is 0.752. The number of esters is 2. The summed E-state index contributed by atoms with van der Waals surface area (Å²) in [4.78, 5) is 33.0. The summed E-state index contributed by atoms with van der Waals surface area (Å²) < 4.78 is 9.46. The third-order valence-corrected chi connectivity index (χ3v) is 2.81. The summed E-state index contributed by atoms with van der Waals surface area (Å²) in [6.45, 7) is -0.474. The number of methoxy groups -OCH3 is 1. The number of ether oxygens (including phenoxy) is 2. The van der Waals surface area contributed by atoms with Crippen molar-refractivity contribution in [1.29, 1.82) is 0 Å². The van der Waals surface area contributed by atoms with Crippen molar-refractivity contribution in [3.63, 3.8) is 0 Å². The summed E-state index contributed by atoms with van der Waals surface area (Å²) in [5.74, 6) is -2.32. The molecule has 0 radical (unpaired) electrons. The van der Waals surface area contributed by atoms with Crippen LogP contribution in [0.3, 0.4) is 0 Å². The van der Waals surface area contributed by atoms with Crippen molar-refractivity contribution in [2.75, 3.05) is 13.7 Å². The Labute approximate surface area is 117 Å². The first-order valence-electron chi connectivity index (χ1n) is 5.18. The maximum absolute atomic E-state index is 11.6. The van der Waals surface area contributed by atoms with Crippen LogP contribution in [0.25, 0.3) is 0 Å². The van der Waals surface area contributed by atoms with Gasteiger partial charge in [0.05, 0.1) is 19.1 Å². The lowest BCUT2D eigenvalue weighted by molar-refractivity contribution is -0.144. The lowest BCUT2D eigenvalue weighted by Crippen LogP contribution is -2.15. The first kappa shape index (κ1) is 15.2. The lowest BCUT2D eigenvalue weighted by Gasteiger charge is -2.06. The molecule has 1 aromatic carbocycles. The molecular weight excluding hydrogens is 320 g/mol. The molecule has 0 spiro atoms. The Morgan fingerprint density at radius 2 is 2.00 bits per heavy atom. The Bertz CT molecular complexity index is 511. The van der Waals surface area contributed by atoms with Crippen LogP contribution in [0.4, 0.5) is 0 Å². The van der Waals surface area contributed by atoms with Crippen molar-refractivity contribution in [1.82, 2.24) is 0 Å². The standard InChI is InChI=1S/C12H11BrO6/c1-18-11(16)6-19-12(17)8-3-2-7(4-9(8)13)5-10(14)15/h2-4H,5-6H2,1H3,(H,14,15). The van der Waals surface area contributed by atoms with Crippen LogP contribution in [0.15, 0.2) is 22.7 Å². The van der Waals surface area contributed by atoms with E-state index in [0.29, 0.717) is 10.0 Å². The second-order valence-corrected chi connectivity index (χ2v) is 4.39. The number of hydrogen-bond acceptors (Lipinski definition) is 5. The third kappa shape index (κ3) is 4.70. The Kier molecular flexibility index (Phi) is 5.50. The number of hydrogen-bond donors (Lipinski definition) is 1. The van der Waals surface area contributed by atoms with E-state index in [-0.39, 0.29) is 12.0 Å². The molecule has 0 saturated heterocycles. The molecule has 0 aromatic heterocycles. The van der Waals surface area contributed by atoms with E-state index >= 15 is 0 Å². The number of benzene rings is 1. The van der Waals surface area contributed by atoms with E-state index in [1.54, 1.807) is 0 Å². The van der Waals surface area contributed by atoms with Crippen LogP contribution >= 0.6 is 15.9 Å². The van der Waals surface area contributed by atoms with E-state index in [2.05, 4.69) is 20.7 Å². The van der Waals surface area contributed by atoms with Crippen molar-refractivity contribution < 1.29 is 29.0 Å². The molecule has 0 bridgehead atoms. The Balaban J connectivity index is 2.75. The van der Waals surface area contributed by atoms with Crippen LogP contribution < -0.4 is 0 Å². The van der Waals surface area contributed by atoms with Crippen molar-refractivity contribution in [3.05, 3.63) is 33.8 Å². The van der Waals surface area contributed by atoms with Crippen LogP contribution in [-0.2, 0) is 25.5 Å².